The molecular weight excluding hydrogens is 318 g/mol. The van der Waals surface area contributed by atoms with Gasteiger partial charge in [-0.15, -0.1) is 5.10 Å². The molecule has 0 bridgehead atoms. The molecule has 0 unspecified atom stereocenters. The Labute approximate surface area is 135 Å². The molecule has 0 aliphatic heterocycles. The zero-order valence-corrected chi connectivity index (χ0v) is 13.3. The first-order valence-electron chi connectivity index (χ1n) is 6.85. The van der Waals surface area contributed by atoms with E-state index in [1.54, 1.807) is 36.7 Å². The van der Waals surface area contributed by atoms with Crippen LogP contribution in [-0.4, -0.2) is 37.7 Å². The number of hydrogen-bond acceptors (Lipinski definition) is 7. The maximum absolute atomic E-state index is 12.2. The lowest BCUT2D eigenvalue weighted by molar-refractivity contribution is 0.0528. The maximum Gasteiger partial charge on any atom is 0.341 e. The van der Waals surface area contributed by atoms with Gasteiger partial charge < -0.3 is 10.1 Å². The number of aryl methyl sites for hydroxylation is 1. The minimum absolute atomic E-state index is 0.282. The van der Waals surface area contributed by atoms with Crippen LogP contribution in [0.4, 0.5) is 5.69 Å². The second-order valence-electron chi connectivity index (χ2n) is 4.67. The van der Waals surface area contributed by atoms with Crippen LogP contribution in [0.5, 0.6) is 0 Å². The summed E-state index contributed by atoms with van der Waals surface area (Å²) in [6.07, 6.45) is 3.10. The van der Waals surface area contributed by atoms with Crippen LogP contribution < -0.4 is 5.32 Å². The van der Waals surface area contributed by atoms with Gasteiger partial charge >= 0.3 is 5.97 Å². The van der Waals surface area contributed by atoms with Gasteiger partial charge in [-0.05, 0) is 37.5 Å². The monoisotopic (exact) mass is 331 g/mol. The highest BCUT2D eigenvalue weighted by atomic mass is 32.1. The van der Waals surface area contributed by atoms with Crippen LogP contribution in [-0.2, 0) is 4.74 Å². The third kappa shape index (κ3) is 2.90. The summed E-state index contributed by atoms with van der Waals surface area (Å²) in [5.41, 5.74) is 2.02. The van der Waals surface area contributed by atoms with Gasteiger partial charge in [-0.3, -0.25) is 4.79 Å². The zero-order chi connectivity index (χ0) is 16.4. The van der Waals surface area contributed by atoms with Crippen molar-refractivity contribution >= 4 is 34.6 Å². The maximum atomic E-state index is 12.2. The molecule has 23 heavy (non-hydrogen) atoms. The third-order valence-corrected chi connectivity index (χ3v) is 3.96. The molecule has 1 N–H and O–H groups in total. The molecule has 3 rings (SSSR count). The summed E-state index contributed by atoms with van der Waals surface area (Å²) in [6.45, 7) is 3.74. The van der Waals surface area contributed by atoms with Gasteiger partial charge in [0.15, 0.2) is 0 Å². The fraction of sp³-hybridized carbons (Fsp3) is 0.214. The van der Waals surface area contributed by atoms with E-state index in [2.05, 4.69) is 20.0 Å². The first-order chi connectivity index (χ1) is 11.1. The van der Waals surface area contributed by atoms with Crippen LogP contribution in [0.15, 0.2) is 24.5 Å². The number of fused-ring (bicyclic) bond motifs is 1. The van der Waals surface area contributed by atoms with Crippen molar-refractivity contribution in [3.8, 4) is 0 Å². The van der Waals surface area contributed by atoms with Crippen molar-refractivity contribution in [2.75, 3.05) is 11.9 Å². The number of carbonyl (C=O) groups excluding carboxylic acids is 2. The molecule has 3 aromatic rings. The number of aromatic nitrogens is 4. The fourth-order valence-corrected chi connectivity index (χ4v) is 2.60. The minimum atomic E-state index is -0.450. The molecule has 0 fully saturated rings. The van der Waals surface area contributed by atoms with E-state index in [0.717, 1.165) is 11.5 Å². The SMILES string of the molecule is CCOC(=O)c1cnn2ccc(NC(=O)c3snnc3C)cc12. The van der Waals surface area contributed by atoms with Crippen molar-refractivity contribution in [3.05, 3.63) is 40.7 Å². The van der Waals surface area contributed by atoms with Gasteiger partial charge in [-0.25, -0.2) is 9.31 Å². The normalized spacial score (nSPS) is 10.7. The summed E-state index contributed by atoms with van der Waals surface area (Å²) >= 11 is 1.03. The number of hydrogen-bond donors (Lipinski definition) is 1. The summed E-state index contributed by atoms with van der Waals surface area (Å²) in [7, 11) is 0. The van der Waals surface area contributed by atoms with Crippen molar-refractivity contribution in [3.63, 3.8) is 0 Å². The summed E-state index contributed by atoms with van der Waals surface area (Å²) in [6, 6.07) is 3.36. The summed E-state index contributed by atoms with van der Waals surface area (Å²) < 4.78 is 10.3. The molecule has 0 aromatic carbocycles. The smallest absolute Gasteiger partial charge is 0.341 e. The van der Waals surface area contributed by atoms with E-state index in [-0.39, 0.29) is 12.5 Å². The highest BCUT2D eigenvalue weighted by Gasteiger charge is 2.16. The molecule has 0 saturated heterocycles. The lowest BCUT2D eigenvalue weighted by Crippen LogP contribution is -2.12. The molecule has 0 atom stereocenters. The van der Waals surface area contributed by atoms with E-state index in [4.69, 9.17) is 4.74 Å². The van der Waals surface area contributed by atoms with Gasteiger partial charge in [0.25, 0.3) is 5.91 Å². The quantitative estimate of drug-likeness (QED) is 0.733. The van der Waals surface area contributed by atoms with Crippen LogP contribution in [0.3, 0.4) is 0 Å². The topological polar surface area (TPSA) is 98.5 Å². The molecule has 0 aliphatic carbocycles. The van der Waals surface area contributed by atoms with Crippen LogP contribution in [0.1, 0.15) is 32.6 Å². The number of rotatable bonds is 4. The highest BCUT2D eigenvalue weighted by Crippen LogP contribution is 2.19. The Morgan fingerprint density at radius 2 is 2.26 bits per heavy atom. The van der Waals surface area contributed by atoms with Crippen molar-refractivity contribution < 1.29 is 14.3 Å². The standard InChI is InChI=1S/C14H13N5O3S/c1-3-22-14(21)10-7-15-19-5-4-9(6-11(10)19)16-13(20)12-8(2)17-18-23-12/h4-7H,3H2,1-2H3,(H,16,20). The number of amides is 1. The van der Waals surface area contributed by atoms with Crippen molar-refractivity contribution in [2.45, 2.75) is 13.8 Å². The van der Waals surface area contributed by atoms with E-state index in [1.807, 2.05) is 0 Å². The Bertz CT molecular complexity index is 886. The number of anilines is 1. The van der Waals surface area contributed by atoms with E-state index in [9.17, 15) is 9.59 Å². The Kier molecular flexibility index (Phi) is 4.02. The molecule has 1 amide bonds. The van der Waals surface area contributed by atoms with E-state index < -0.39 is 5.97 Å². The zero-order valence-electron chi connectivity index (χ0n) is 12.4. The average Bonchev–Trinajstić information content (AvgIpc) is 3.13. The van der Waals surface area contributed by atoms with Crippen molar-refractivity contribution in [2.24, 2.45) is 0 Å². The Balaban J connectivity index is 1.90. The average molecular weight is 331 g/mol. The first-order valence-corrected chi connectivity index (χ1v) is 7.62. The van der Waals surface area contributed by atoms with Crippen molar-refractivity contribution in [1.29, 1.82) is 0 Å². The molecule has 9 heteroatoms. The lowest BCUT2D eigenvalue weighted by Gasteiger charge is -2.05. The molecule has 118 valence electrons. The lowest BCUT2D eigenvalue weighted by atomic mass is 10.2. The largest absolute Gasteiger partial charge is 0.462 e. The van der Waals surface area contributed by atoms with Gasteiger partial charge in [0.1, 0.15) is 10.4 Å². The molecule has 3 aromatic heterocycles. The molecule has 0 saturated carbocycles. The van der Waals surface area contributed by atoms with Crippen LogP contribution >= 0.6 is 11.5 Å². The highest BCUT2D eigenvalue weighted by molar-refractivity contribution is 7.08. The van der Waals surface area contributed by atoms with Crippen LogP contribution in [0.25, 0.3) is 5.52 Å². The number of carbonyl (C=O) groups is 2. The third-order valence-electron chi connectivity index (χ3n) is 3.13. The van der Waals surface area contributed by atoms with Gasteiger partial charge in [0, 0.05) is 11.9 Å². The van der Waals surface area contributed by atoms with Crippen molar-refractivity contribution in [1.82, 2.24) is 19.2 Å². The fourth-order valence-electron chi connectivity index (χ4n) is 2.05. The number of nitrogens with zero attached hydrogens (tertiary/aromatic N) is 4. The Morgan fingerprint density at radius 3 is 2.96 bits per heavy atom. The van der Waals surface area contributed by atoms with Gasteiger partial charge in [-0.1, -0.05) is 4.49 Å². The van der Waals surface area contributed by atoms with Gasteiger partial charge in [-0.2, -0.15) is 5.10 Å². The summed E-state index contributed by atoms with van der Waals surface area (Å²) in [5.74, 6) is -0.743. The number of ether oxygens (including phenoxy) is 1. The Morgan fingerprint density at radius 1 is 1.43 bits per heavy atom. The molecular formula is C14H13N5O3S. The predicted molar refractivity (Wildman–Crippen MR) is 83.7 cm³/mol. The molecule has 8 nitrogen and oxygen atoms in total. The van der Waals surface area contributed by atoms with Crippen LogP contribution in [0, 0.1) is 6.92 Å². The number of nitrogens with one attached hydrogen (secondary N) is 1. The molecule has 3 heterocycles. The second kappa shape index (κ2) is 6.13. The minimum Gasteiger partial charge on any atom is -0.462 e. The Hall–Kier alpha value is -2.81. The summed E-state index contributed by atoms with van der Waals surface area (Å²) in [4.78, 5) is 24.6. The number of pyridine rings is 1. The predicted octanol–water partition coefficient (Wildman–Crippen LogP) is 1.92. The summed E-state index contributed by atoms with van der Waals surface area (Å²) in [5, 5.41) is 10.7. The van der Waals surface area contributed by atoms with E-state index in [1.165, 1.54) is 6.20 Å². The van der Waals surface area contributed by atoms with E-state index in [0.29, 0.717) is 27.3 Å². The van der Waals surface area contributed by atoms with Gasteiger partial charge in [0.2, 0.25) is 0 Å². The molecule has 0 aliphatic rings. The number of esters is 1. The van der Waals surface area contributed by atoms with Crippen LogP contribution in [0.2, 0.25) is 0 Å². The second-order valence-corrected chi connectivity index (χ2v) is 5.42. The molecule has 0 radical (unpaired) electrons. The molecule has 0 spiro atoms. The van der Waals surface area contributed by atoms with E-state index >= 15 is 0 Å². The first kappa shape index (κ1) is 15.1. The van der Waals surface area contributed by atoms with Gasteiger partial charge in [0.05, 0.1) is 24.0 Å².